The summed E-state index contributed by atoms with van der Waals surface area (Å²) in [7, 11) is 1.69. The predicted octanol–water partition coefficient (Wildman–Crippen LogP) is 4.02. The monoisotopic (exact) mass is 303 g/mol. The Morgan fingerprint density at radius 1 is 1.32 bits per heavy atom. The van der Waals surface area contributed by atoms with Crippen LogP contribution in [0, 0.1) is 12.8 Å². The van der Waals surface area contributed by atoms with Crippen molar-refractivity contribution in [2.45, 2.75) is 64.8 Å². The van der Waals surface area contributed by atoms with E-state index in [0.717, 1.165) is 30.6 Å². The van der Waals surface area contributed by atoms with Crippen molar-refractivity contribution in [3.63, 3.8) is 0 Å². The van der Waals surface area contributed by atoms with Gasteiger partial charge in [0, 0.05) is 12.5 Å². The second-order valence-corrected chi connectivity index (χ2v) is 6.59. The van der Waals surface area contributed by atoms with Crippen molar-refractivity contribution < 1.29 is 9.53 Å². The van der Waals surface area contributed by atoms with Gasteiger partial charge in [-0.25, -0.2) is 0 Å². The van der Waals surface area contributed by atoms with Crippen LogP contribution in [0.2, 0.25) is 0 Å². The number of methoxy groups -OCH3 is 1. The lowest BCUT2D eigenvalue weighted by Crippen LogP contribution is -2.40. The highest BCUT2D eigenvalue weighted by Gasteiger charge is 2.22. The molecule has 0 spiro atoms. The third-order valence-corrected chi connectivity index (χ3v) is 4.79. The molecule has 1 aliphatic carbocycles. The summed E-state index contributed by atoms with van der Waals surface area (Å²) in [6.45, 7) is 4.31. The molecule has 0 bridgehead atoms. The average Bonchev–Trinajstić information content (AvgIpc) is 2.50. The van der Waals surface area contributed by atoms with Gasteiger partial charge in [-0.05, 0) is 55.7 Å². The Labute approximate surface area is 134 Å². The summed E-state index contributed by atoms with van der Waals surface area (Å²) in [5.74, 6) is 1.76. The molecule has 1 aromatic carbocycles. The van der Waals surface area contributed by atoms with Crippen LogP contribution in [0.25, 0.3) is 0 Å². The third kappa shape index (κ3) is 4.75. The van der Waals surface area contributed by atoms with Crippen LogP contribution in [-0.4, -0.2) is 19.1 Å². The van der Waals surface area contributed by atoms with Crippen LogP contribution >= 0.6 is 0 Å². The minimum atomic E-state index is 0.212. The van der Waals surface area contributed by atoms with Gasteiger partial charge >= 0.3 is 0 Å². The fraction of sp³-hybridized carbons (Fsp3) is 0.632. The zero-order valence-corrected chi connectivity index (χ0v) is 14.2. The summed E-state index contributed by atoms with van der Waals surface area (Å²) in [5, 5.41) is 3.23. The van der Waals surface area contributed by atoms with E-state index in [-0.39, 0.29) is 5.91 Å². The zero-order valence-electron chi connectivity index (χ0n) is 14.2. The van der Waals surface area contributed by atoms with Crippen molar-refractivity contribution in [3.8, 4) is 5.75 Å². The Bertz CT molecular complexity index is 498. The fourth-order valence-corrected chi connectivity index (χ4v) is 3.36. The molecule has 1 saturated carbocycles. The average molecular weight is 303 g/mol. The first-order valence-corrected chi connectivity index (χ1v) is 8.53. The van der Waals surface area contributed by atoms with Crippen LogP contribution < -0.4 is 10.1 Å². The third-order valence-electron chi connectivity index (χ3n) is 4.79. The number of aryl methyl sites for hydroxylation is 2. The van der Waals surface area contributed by atoms with Gasteiger partial charge in [-0.3, -0.25) is 4.79 Å². The van der Waals surface area contributed by atoms with Gasteiger partial charge < -0.3 is 10.1 Å². The Hall–Kier alpha value is -1.51. The van der Waals surface area contributed by atoms with E-state index in [4.69, 9.17) is 4.74 Å². The molecule has 3 nitrogen and oxygen atoms in total. The molecule has 22 heavy (non-hydrogen) atoms. The van der Waals surface area contributed by atoms with Gasteiger partial charge in [0.25, 0.3) is 0 Å². The topological polar surface area (TPSA) is 38.3 Å². The van der Waals surface area contributed by atoms with E-state index < -0.39 is 0 Å². The summed E-state index contributed by atoms with van der Waals surface area (Å²) < 4.78 is 5.27. The number of carbonyl (C=O) groups excluding carboxylic acids is 1. The lowest BCUT2D eigenvalue weighted by molar-refractivity contribution is -0.122. The summed E-state index contributed by atoms with van der Waals surface area (Å²) in [6.07, 6.45) is 7.41. The predicted molar refractivity (Wildman–Crippen MR) is 90.2 cm³/mol. The largest absolute Gasteiger partial charge is 0.496 e. The van der Waals surface area contributed by atoms with Crippen LogP contribution in [0.5, 0.6) is 5.75 Å². The van der Waals surface area contributed by atoms with E-state index in [9.17, 15) is 4.79 Å². The molecule has 2 atom stereocenters. The molecular formula is C19H29NO2. The van der Waals surface area contributed by atoms with Gasteiger partial charge in [0.2, 0.25) is 5.91 Å². The Kier molecular flexibility index (Phi) is 6.29. The highest BCUT2D eigenvalue weighted by atomic mass is 16.5. The number of benzene rings is 1. The van der Waals surface area contributed by atoms with E-state index in [1.165, 1.54) is 24.8 Å². The first kappa shape index (κ1) is 16.9. The van der Waals surface area contributed by atoms with Crippen LogP contribution in [0.4, 0.5) is 0 Å². The first-order chi connectivity index (χ1) is 10.6. The number of ether oxygens (including phenoxy) is 1. The molecular weight excluding hydrogens is 274 g/mol. The van der Waals surface area contributed by atoms with Crippen molar-refractivity contribution >= 4 is 5.91 Å². The van der Waals surface area contributed by atoms with Crippen molar-refractivity contribution in [1.82, 2.24) is 5.32 Å². The maximum absolute atomic E-state index is 12.1. The molecule has 0 saturated heterocycles. The molecule has 3 heteroatoms. The van der Waals surface area contributed by atoms with Gasteiger partial charge in [-0.1, -0.05) is 31.9 Å². The van der Waals surface area contributed by atoms with E-state index >= 15 is 0 Å². The van der Waals surface area contributed by atoms with E-state index in [1.54, 1.807) is 7.11 Å². The van der Waals surface area contributed by atoms with Gasteiger partial charge in [0.15, 0.2) is 0 Å². The summed E-state index contributed by atoms with van der Waals surface area (Å²) in [4.78, 5) is 12.1. The first-order valence-electron chi connectivity index (χ1n) is 8.53. The molecule has 0 aromatic heterocycles. The normalized spacial score (nSPS) is 21.4. The maximum Gasteiger partial charge on any atom is 0.220 e. The fourth-order valence-electron chi connectivity index (χ4n) is 3.36. The van der Waals surface area contributed by atoms with Crippen LogP contribution in [0.15, 0.2) is 18.2 Å². The standard InChI is InChI=1S/C19H29NO2/c1-14-7-4-5-9-17(14)20-19(21)10-6-8-16-11-12-18(22-3)15(2)13-16/h11-14,17H,4-10H2,1-3H3,(H,20,21). The number of hydrogen-bond donors (Lipinski definition) is 1. The minimum Gasteiger partial charge on any atom is -0.496 e. The molecule has 122 valence electrons. The number of hydrogen-bond acceptors (Lipinski definition) is 2. The van der Waals surface area contributed by atoms with Gasteiger partial charge in [0.05, 0.1) is 7.11 Å². The van der Waals surface area contributed by atoms with E-state index in [0.29, 0.717) is 18.4 Å². The number of rotatable bonds is 6. The second-order valence-electron chi connectivity index (χ2n) is 6.59. The van der Waals surface area contributed by atoms with E-state index in [1.807, 2.05) is 6.07 Å². The number of carbonyl (C=O) groups is 1. The van der Waals surface area contributed by atoms with Gasteiger partial charge in [0.1, 0.15) is 5.75 Å². The van der Waals surface area contributed by atoms with Crippen LogP contribution in [0.1, 0.15) is 56.6 Å². The molecule has 1 N–H and O–H groups in total. The van der Waals surface area contributed by atoms with Gasteiger partial charge in [-0.15, -0.1) is 0 Å². The van der Waals surface area contributed by atoms with Crippen LogP contribution in [0.3, 0.4) is 0 Å². The second kappa shape index (κ2) is 8.21. The smallest absolute Gasteiger partial charge is 0.220 e. The molecule has 1 aromatic rings. The number of nitrogens with one attached hydrogen (secondary N) is 1. The Morgan fingerprint density at radius 2 is 2.09 bits per heavy atom. The molecule has 2 rings (SSSR count). The number of amides is 1. The molecule has 1 fully saturated rings. The lowest BCUT2D eigenvalue weighted by Gasteiger charge is -2.29. The minimum absolute atomic E-state index is 0.212. The molecule has 1 aliphatic rings. The van der Waals surface area contributed by atoms with E-state index in [2.05, 4.69) is 31.3 Å². The lowest BCUT2D eigenvalue weighted by atomic mass is 9.86. The summed E-state index contributed by atoms with van der Waals surface area (Å²) in [6, 6.07) is 6.64. The van der Waals surface area contributed by atoms with Gasteiger partial charge in [-0.2, -0.15) is 0 Å². The Balaban J connectivity index is 1.73. The van der Waals surface area contributed by atoms with Crippen molar-refractivity contribution in [3.05, 3.63) is 29.3 Å². The highest BCUT2D eigenvalue weighted by molar-refractivity contribution is 5.76. The van der Waals surface area contributed by atoms with Crippen molar-refractivity contribution in [2.24, 2.45) is 5.92 Å². The highest BCUT2D eigenvalue weighted by Crippen LogP contribution is 2.24. The molecule has 0 radical (unpaired) electrons. The molecule has 1 amide bonds. The molecule has 0 heterocycles. The summed E-state index contributed by atoms with van der Waals surface area (Å²) >= 11 is 0. The summed E-state index contributed by atoms with van der Waals surface area (Å²) in [5.41, 5.74) is 2.43. The van der Waals surface area contributed by atoms with Crippen molar-refractivity contribution in [1.29, 1.82) is 0 Å². The Morgan fingerprint density at radius 3 is 2.77 bits per heavy atom. The SMILES string of the molecule is COc1ccc(CCCC(=O)NC2CCCCC2C)cc1C. The molecule has 2 unspecified atom stereocenters. The van der Waals surface area contributed by atoms with Crippen molar-refractivity contribution in [2.75, 3.05) is 7.11 Å². The quantitative estimate of drug-likeness (QED) is 0.862. The maximum atomic E-state index is 12.1. The molecule has 0 aliphatic heterocycles. The van der Waals surface area contributed by atoms with Crippen LogP contribution in [-0.2, 0) is 11.2 Å². The zero-order chi connectivity index (χ0) is 15.9.